The molecule has 0 aliphatic carbocycles. The molecule has 0 saturated carbocycles. The second kappa shape index (κ2) is 19.4. The van der Waals surface area contributed by atoms with E-state index in [0.29, 0.717) is 11.7 Å². The van der Waals surface area contributed by atoms with Crippen LogP contribution in [-0.2, 0) is 36.3 Å². The zero-order valence-corrected chi connectivity index (χ0v) is 29.7. The first-order valence-electron chi connectivity index (χ1n) is 14.4. The van der Waals surface area contributed by atoms with Crippen LogP contribution in [0.5, 0.6) is 0 Å². The molecule has 0 aromatic carbocycles. The van der Waals surface area contributed by atoms with E-state index in [1.165, 1.54) is 17.0 Å². The third-order valence-electron chi connectivity index (χ3n) is 6.03. The number of hydrogen-bond acceptors (Lipinski definition) is 19. The summed E-state index contributed by atoms with van der Waals surface area (Å²) in [5, 5.41) is 48.4. The lowest BCUT2D eigenvalue weighted by Crippen LogP contribution is -2.41. The molecule has 1 aromatic heterocycles. The van der Waals surface area contributed by atoms with Crippen molar-refractivity contribution < 1.29 is 81.4 Å². The summed E-state index contributed by atoms with van der Waals surface area (Å²) in [6, 6.07) is 1.20. The van der Waals surface area contributed by atoms with Crippen molar-refractivity contribution in [1.82, 2.24) is 14.5 Å². The van der Waals surface area contributed by atoms with Crippen molar-refractivity contribution in [3.8, 4) is 0 Å². The third kappa shape index (κ3) is 13.0. The molecular weight excluding hydrogens is 741 g/mol. The van der Waals surface area contributed by atoms with Gasteiger partial charge in [-0.1, -0.05) is 34.3 Å². The summed E-state index contributed by atoms with van der Waals surface area (Å²) in [7, 11) is -16.7. The quantitative estimate of drug-likeness (QED) is 0.113. The van der Waals surface area contributed by atoms with Crippen molar-refractivity contribution in [3.63, 3.8) is 0 Å². The second-order valence-corrected chi connectivity index (χ2v) is 13.8. The van der Waals surface area contributed by atoms with Crippen molar-refractivity contribution >= 4 is 35.1 Å². The minimum atomic E-state index is -5.71. The molecule has 4 heterocycles. The normalized spacial score (nSPS) is 30.0. The average molecular weight is 785 g/mol. The molecule has 4 unspecified atom stereocenters. The Morgan fingerprint density at radius 3 is 1.92 bits per heavy atom. The highest BCUT2D eigenvalue weighted by atomic mass is 31.3. The summed E-state index contributed by atoms with van der Waals surface area (Å²) in [5.74, 6) is 0.487. The van der Waals surface area contributed by atoms with Crippen LogP contribution in [-0.4, -0.2) is 121 Å². The highest BCUT2D eigenvalue weighted by Gasteiger charge is 2.47. The molecular formula is C23H43N6O18P3. The van der Waals surface area contributed by atoms with Crippen molar-refractivity contribution in [1.29, 1.82) is 0 Å². The smallest absolute Gasteiger partial charge is 0.394 e. The molecule has 288 valence electrons. The highest BCUT2D eigenvalue weighted by Crippen LogP contribution is 2.66. The number of ether oxygens (including phenoxy) is 2. The summed E-state index contributed by atoms with van der Waals surface area (Å²) in [6.45, 7) is 10.3. The lowest BCUT2D eigenvalue weighted by atomic mass is 10.1. The van der Waals surface area contributed by atoms with Crippen LogP contribution < -0.4 is 17.2 Å². The topological polar surface area (TPSA) is 382 Å². The molecule has 3 aliphatic rings. The van der Waals surface area contributed by atoms with Gasteiger partial charge >= 0.3 is 29.2 Å². The van der Waals surface area contributed by atoms with Crippen molar-refractivity contribution in [2.75, 3.05) is 18.9 Å². The van der Waals surface area contributed by atoms with Crippen LogP contribution in [0.3, 0.4) is 0 Å². The SMILES string of the molecule is C=C1N=C(N)C=CN1[C@@H]1O[C@H](CO)[C@H](O)C1O.CC.CC.Nc1ccn([C@@H]2O[C@H](COP(=O)(O)OP(=O)(O)OP(=O)(O)O)[C@H](O)C2O)c(=O)n1. The summed E-state index contributed by atoms with van der Waals surface area (Å²) < 4.78 is 56.1. The van der Waals surface area contributed by atoms with E-state index in [1.807, 2.05) is 27.7 Å². The third-order valence-corrected chi connectivity index (χ3v) is 9.84. The zero-order chi connectivity index (χ0) is 38.8. The predicted octanol–water partition coefficient (Wildman–Crippen LogP) is -2.08. The average Bonchev–Trinajstić information content (AvgIpc) is 3.46. The number of aliphatic hydroxyl groups excluding tert-OH is 5. The Kier molecular flexibility index (Phi) is 17.7. The van der Waals surface area contributed by atoms with E-state index in [2.05, 4.69) is 29.7 Å². The number of nitrogens with two attached hydrogens (primary N) is 2. The van der Waals surface area contributed by atoms with Crippen LogP contribution in [0.25, 0.3) is 0 Å². The number of aliphatic imine (C=N–C) groups is 1. The van der Waals surface area contributed by atoms with Crippen molar-refractivity contribution in [2.45, 2.75) is 76.8 Å². The lowest BCUT2D eigenvalue weighted by molar-refractivity contribution is -0.0692. The molecule has 50 heavy (non-hydrogen) atoms. The number of phosphoric acid groups is 3. The zero-order valence-electron chi connectivity index (χ0n) is 27.0. The fourth-order valence-electron chi connectivity index (χ4n) is 4.02. The van der Waals surface area contributed by atoms with E-state index in [4.69, 9.17) is 40.7 Å². The van der Waals surface area contributed by atoms with Gasteiger partial charge in [0.25, 0.3) is 0 Å². The molecule has 4 rings (SSSR count). The Hall–Kier alpha value is -2.44. The van der Waals surface area contributed by atoms with Gasteiger partial charge in [0.05, 0.1) is 13.2 Å². The lowest BCUT2D eigenvalue weighted by Gasteiger charge is -2.30. The molecule has 0 spiro atoms. The number of aromatic nitrogens is 2. The van der Waals surface area contributed by atoms with Crippen LogP contribution in [0, 0.1) is 0 Å². The van der Waals surface area contributed by atoms with E-state index < -0.39 is 84.8 Å². The van der Waals surface area contributed by atoms with Gasteiger partial charge in [-0.05, 0) is 12.1 Å². The summed E-state index contributed by atoms with van der Waals surface area (Å²) >= 11 is 0. The Labute approximate surface area is 284 Å². The monoisotopic (exact) mass is 784 g/mol. The van der Waals surface area contributed by atoms with Gasteiger partial charge in [-0.2, -0.15) is 13.6 Å². The number of anilines is 1. The number of hydrogen-bond donors (Lipinski definition) is 11. The maximum Gasteiger partial charge on any atom is 0.490 e. The Bertz CT molecular complexity index is 1540. The van der Waals surface area contributed by atoms with Crippen LogP contribution in [0.2, 0.25) is 0 Å². The van der Waals surface area contributed by atoms with Crippen molar-refractivity contribution in [2.24, 2.45) is 10.7 Å². The molecule has 1 aromatic rings. The summed E-state index contributed by atoms with van der Waals surface area (Å²) in [6.07, 6.45) is -6.24. The minimum absolute atomic E-state index is 0.122. The summed E-state index contributed by atoms with van der Waals surface area (Å²) in [5.41, 5.74) is 9.88. The molecule has 2 saturated heterocycles. The first-order chi connectivity index (χ1) is 23.1. The van der Waals surface area contributed by atoms with Gasteiger partial charge < -0.3 is 70.9 Å². The molecule has 0 bridgehead atoms. The predicted molar refractivity (Wildman–Crippen MR) is 171 cm³/mol. The van der Waals surface area contributed by atoms with Gasteiger partial charge in [0.1, 0.15) is 54.1 Å². The van der Waals surface area contributed by atoms with Gasteiger partial charge in [0.2, 0.25) is 0 Å². The summed E-state index contributed by atoms with van der Waals surface area (Å²) in [4.78, 5) is 55.9. The maximum absolute atomic E-state index is 11.8. The maximum atomic E-state index is 11.8. The van der Waals surface area contributed by atoms with E-state index in [0.717, 1.165) is 10.8 Å². The largest absolute Gasteiger partial charge is 0.490 e. The molecule has 2 fully saturated rings. The molecule has 13 N–H and O–H groups in total. The van der Waals surface area contributed by atoms with E-state index >= 15 is 0 Å². The first-order valence-corrected chi connectivity index (χ1v) is 18.9. The number of aliphatic hydroxyl groups is 5. The molecule has 0 amide bonds. The van der Waals surface area contributed by atoms with Crippen LogP contribution >= 0.6 is 23.5 Å². The van der Waals surface area contributed by atoms with Gasteiger partial charge in [-0.25, -0.2) is 23.5 Å². The van der Waals surface area contributed by atoms with Gasteiger partial charge in [-0.3, -0.25) is 9.09 Å². The Morgan fingerprint density at radius 1 is 0.880 bits per heavy atom. The molecule has 10 atom stereocenters. The van der Waals surface area contributed by atoms with Crippen LogP contribution in [0.1, 0.15) is 33.9 Å². The number of nitrogens with zero attached hydrogens (tertiary/aromatic N) is 4. The fourth-order valence-corrected chi connectivity index (χ4v) is 7.05. The first kappa shape index (κ1) is 45.6. The van der Waals surface area contributed by atoms with Crippen LogP contribution in [0.4, 0.5) is 5.82 Å². The standard InChI is InChI=1S/C10H15N3O4.C9H16N3O14P3.2C2H6/c1-5-12-7(11)2-3-13(5)10-9(16)8(15)6(4-14)17-10;10-5-1-2-12(9(15)11-5)8-7(14)6(13)4(24-8)3-23-28(19,20)26-29(21,22)25-27(16,17)18;2*1-2/h2-3,6,8-10,14-16H,1,4H2,(H2,11,12);1-2,4,6-8,13-14H,3H2,(H,19,20)(H,21,22)(H2,10,11,15)(H2,16,17,18);2*1-2H3/t6-,8+,9?,10-;4-,6+,7?,8-;;/m11../s1. The molecule has 27 heteroatoms. The van der Waals surface area contributed by atoms with E-state index in [9.17, 15) is 43.8 Å². The van der Waals surface area contributed by atoms with E-state index in [-0.39, 0.29) is 12.4 Å². The van der Waals surface area contributed by atoms with Gasteiger partial charge in [-0.15, -0.1) is 0 Å². The number of rotatable bonds is 10. The molecule has 0 radical (unpaired) electrons. The highest BCUT2D eigenvalue weighted by molar-refractivity contribution is 7.66. The second-order valence-electron chi connectivity index (χ2n) is 9.38. The Morgan fingerprint density at radius 2 is 1.42 bits per heavy atom. The van der Waals surface area contributed by atoms with Gasteiger partial charge in [0.15, 0.2) is 12.5 Å². The Balaban J connectivity index is 0.000000504. The fraction of sp³-hybridized carbons (Fsp3) is 0.609. The van der Waals surface area contributed by atoms with E-state index in [1.54, 1.807) is 6.20 Å². The molecule has 24 nitrogen and oxygen atoms in total. The van der Waals surface area contributed by atoms with Crippen LogP contribution in [0.15, 0.2) is 46.7 Å². The van der Waals surface area contributed by atoms with Gasteiger partial charge in [0, 0.05) is 12.4 Å². The van der Waals surface area contributed by atoms with Crippen molar-refractivity contribution in [3.05, 3.63) is 47.4 Å². The number of nitrogen functional groups attached to an aromatic ring is 1. The minimum Gasteiger partial charge on any atom is -0.394 e. The number of amidine groups is 1. The molecule has 3 aliphatic heterocycles. The number of phosphoric ester groups is 1.